The number of hydrogen-bond acceptors (Lipinski definition) is 6. The van der Waals surface area contributed by atoms with Crippen LogP contribution < -0.4 is 0 Å². The molecule has 1 aromatic carbocycles. The second-order valence-electron chi connectivity index (χ2n) is 4.94. The maximum atomic E-state index is 9.81. The molecule has 3 aromatic rings. The molecule has 0 aliphatic carbocycles. The summed E-state index contributed by atoms with van der Waals surface area (Å²) in [6, 6.07) is 6.52. The van der Waals surface area contributed by atoms with Crippen molar-refractivity contribution in [2.45, 2.75) is 13.8 Å². The highest BCUT2D eigenvalue weighted by Crippen LogP contribution is 2.26. The summed E-state index contributed by atoms with van der Waals surface area (Å²) in [5.41, 5.74) is 2.08. The van der Waals surface area contributed by atoms with Gasteiger partial charge in [-0.25, -0.2) is 9.78 Å². The van der Waals surface area contributed by atoms with Gasteiger partial charge in [-0.2, -0.15) is 14.9 Å². The summed E-state index contributed by atoms with van der Waals surface area (Å²) in [5.74, 6) is -0.0704. The Bertz CT molecular complexity index is 953. The normalized spacial score (nSPS) is 11.4. The van der Waals surface area contributed by atoms with Crippen molar-refractivity contribution < 1.29 is 10.2 Å². The van der Waals surface area contributed by atoms with Gasteiger partial charge in [0.25, 0.3) is 5.95 Å². The Morgan fingerprint density at radius 2 is 2.09 bits per heavy atom. The third-order valence-electron chi connectivity index (χ3n) is 3.19. The fourth-order valence-corrected chi connectivity index (χ4v) is 2.30. The maximum Gasteiger partial charge on any atom is 0.271 e. The second-order valence-corrected chi connectivity index (χ2v) is 5.33. The van der Waals surface area contributed by atoms with E-state index < -0.39 is 0 Å². The van der Waals surface area contributed by atoms with Crippen molar-refractivity contribution in [1.82, 2.24) is 24.7 Å². The number of aromatic nitrogens is 5. The molecular formula is C14H14N6O2S. The van der Waals surface area contributed by atoms with Gasteiger partial charge in [-0.05, 0) is 44.3 Å². The number of H-pyrrole nitrogens is 1. The van der Waals surface area contributed by atoms with Gasteiger partial charge in [-0.15, -0.1) is 5.10 Å². The van der Waals surface area contributed by atoms with Crippen LogP contribution in [0.4, 0.5) is 0 Å². The number of hydrogen-bond donors (Lipinski definition) is 3. The number of aromatic amines is 1. The summed E-state index contributed by atoms with van der Waals surface area (Å²) in [6.45, 7) is 3.77. The van der Waals surface area contributed by atoms with Crippen LogP contribution in [-0.4, -0.2) is 41.1 Å². The smallest absolute Gasteiger partial charge is 0.271 e. The SMILES string of the molecule is Cc1cc(C)n(-c2n[nH]c(=S)n2/N=C/c2cccc(O)c2O)n1. The van der Waals surface area contributed by atoms with Gasteiger partial charge in [-0.3, -0.25) is 0 Å². The van der Waals surface area contributed by atoms with Crippen LogP contribution in [0, 0.1) is 18.6 Å². The lowest BCUT2D eigenvalue weighted by Crippen LogP contribution is -2.07. The van der Waals surface area contributed by atoms with Crippen LogP contribution in [0.15, 0.2) is 29.4 Å². The molecular weight excluding hydrogens is 316 g/mol. The monoisotopic (exact) mass is 330 g/mol. The third kappa shape index (κ3) is 2.73. The zero-order chi connectivity index (χ0) is 16.6. The van der Waals surface area contributed by atoms with E-state index in [9.17, 15) is 10.2 Å². The Kier molecular flexibility index (Phi) is 3.70. The highest BCUT2D eigenvalue weighted by molar-refractivity contribution is 7.71. The molecule has 23 heavy (non-hydrogen) atoms. The molecule has 0 saturated heterocycles. The van der Waals surface area contributed by atoms with E-state index in [0.717, 1.165) is 11.4 Å². The van der Waals surface area contributed by atoms with Crippen molar-refractivity contribution in [1.29, 1.82) is 0 Å². The number of nitrogens with zero attached hydrogens (tertiary/aromatic N) is 5. The van der Waals surface area contributed by atoms with E-state index in [4.69, 9.17) is 12.2 Å². The van der Waals surface area contributed by atoms with Crippen LogP contribution in [0.3, 0.4) is 0 Å². The van der Waals surface area contributed by atoms with Crippen LogP contribution in [-0.2, 0) is 0 Å². The number of nitrogens with one attached hydrogen (secondary N) is 1. The predicted molar refractivity (Wildman–Crippen MR) is 86.8 cm³/mol. The summed E-state index contributed by atoms with van der Waals surface area (Å²) in [6.07, 6.45) is 1.38. The van der Waals surface area contributed by atoms with Crippen LogP contribution in [0.25, 0.3) is 5.95 Å². The standard InChI is InChI=1S/C14H14N6O2S/c1-8-6-9(2)19(18-8)13-16-17-14(23)20(13)15-7-10-4-3-5-11(21)12(10)22/h3-7,21-22H,1-2H3,(H,17,23)/b15-7+. The van der Waals surface area contributed by atoms with Gasteiger partial charge in [0.15, 0.2) is 11.5 Å². The highest BCUT2D eigenvalue weighted by atomic mass is 32.1. The molecule has 2 aromatic heterocycles. The number of para-hydroxylation sites is 1. The molecule has 0 unspecified atom stereocenters. The first-order valence-corrected chi connectivity index (χ1v) is 7.14. The minimum Gasteiger partial charge on any atom is -0.504 e. The molecule has 3 N–H and O–H groups in total. The number of aromatic hydroxyl groups is 2. The Balaban J connectivity index is 2.06. The van der Waals surface area contributed by atoms with E-state index >= 15 is 0 Å². The minimum atomic E-state index is -0.251. The van der Waals surface area contributed by atoms with Crippen LogP contribution >= 0.6 is 12.2 Å². The highest BCUT2D eigenvalue weighted by Gasteiger charge is 2.12. The van der Waals surface area contributed by atoms with E-state index in [0.29, 0.717) is 11.5 Å². The van der Waals surface area contributed by atoms with E-state index in [-0.39, 0.29) is 16.3 Å². The summed E-state index contributed by atoms with van der Waals surface area (Å²) in [7, 11) is 0. The quantitative estimate of drug-likeness (QED) is 0.387. The molecule has 9 heteroatoms. The van der Waals surface area contributed by atoms with Crippen molar-refractivity contribution in [3.05, 3.63) is 46.0 Å². The molecule has 0 spiro atoms. The van der Waals surface area contributed by atoms with Gasteiger partial charge in [-0.1, -0.05) is 6.07 Å². The summed E-state index contributed by atoms with van der Waals surface area (Å²) >= 11 is 5.18. The minimum absolute atomic E-state index is 0.219. The summed E-state index contributed by atoms with van der Waals surface area (Å²) in [4.78, 5) is 0. The van der Waals surface area contributed by atoms with Crippen LogP contribution in [0.5, 0.6) is 11.5 Å². The second kappa shape index (κ2) is 5.69. The summed E-state index contributed by atoms with van der Waals surface area (Å²) < 4.78 is 3.28. The summed E-state index contributed by atoms with van der Waals surface area (Å²) in [5, 5.41) is 34.7. The molecule has 2 heterocycles. The van der Waals surface area contributed by atoms with Crippen molar-refractivity contribution in [2.75, 3.05) is 0 Å². The maximum absolute atomic E-state index is 9.81. The van der Waals surface area contributed by atoms with Gasteiger partial charge in [0.1, 0.15) is 0 Å². The number of phenolic OH excluding ortho intramolecular Hbond substituents is 2. The number of aryl methyl sites for hydroxylation is 2. The first kappa shape index (κ1) is 15.0. The van der Waals surface area contributed by atoms with Gasteiger partial charge in [0, 0.05) is 11.3 Å². The van der Waals surface area contributed by atoms with Crippen LogP contribution in [0.2, 0.25) is 0 Å². The molecule has 0 fully saturated rings. The molecule has 0 atom stereocenters. The Morgan fingerprint density at radius 1 is 1.30 bits per heavy atom. The fraction of sp³-hybridized carbons (Fsp3) is 0.143. The average Bonchev–Trinajstić information content (AvgIpc) is 3.03. The zero-order valence-corrected chi connectivity index (χ0v) is 13.2. The van der Waals surface area contributed by atoms with Gasteiger partial charge >= 0.3 is 0 Å². The first-order valence-electron chi connectivity index (χ1n) is 6.73. The van der Waals surface area contributed by atoms with Crippen LogP contribution in [0.1, 0.15) is 17.0 Å². The number of rotatable bonds is 3. The van der Waals surface area contributed by atoms with Crippen molar-refractivity contribution >= 4 is 18.4 Å². The molecule has 0 aliphatic heterocycles. The lowest BCUT2D eigenvalue weighted by Gasteiger charge is -2.03. The molecule has 0 bridgehead atoms. The largest absolute Gasteiger partial charge is 0.504 e. The molecule has 118 valence electrons. The Morgan fingerprint density at radius 3 is 2.78 bits per heavy atom. The van der Waals surface area contributed by atoms with Crippen molar-refractivity contribution in [3.8, 4) is 17.4 Å². The lowest BCUT2D eigenvalue weighted by molar-refractivity contribution is 0.403. The van der Waals surface area contributed by atoms with E-state index in [1.165, 1.54) is 17.0 Å². The lowest BCUT2D eigenvalue weighted by atomic mass is 10.2. The first-order chi connectivity index (χ1) is 11.0. The topological polar surface area (TPSA) is 104 Å². The molecule has 8 nitrogen and oxygen atoms in total. The zero-order valence-electron chi connectivity index (χ0n) is 12.4. The molecule has 0 aliphatic rings. The fourth-order valence-electron chi connectivity index (χ4n) is 2.13. The van der Waals surface area contributed by atoms with E-state index in [2.05, 4.69) is 20.4 Å². The van der Waals surface area contributed by atoms with Crippen molar-refractivity contribution in [3.63, 3.8) is 0 Å². The predicted octanol–water partition coefficient (Wildman–Crippen LogP) is 2.04. The molecule has 3 rings (SSSR count). The number of phenols is 2. The molecule has 0 saturated carbocycles. The van der Waals surface area contributed by atoms with Gasteiger partial charge < -0.3 is 10.2 Å². The number of benzene rings is 1. The average molecular weight is 330 g/mol. The Labute approximate surface area is 136 Å². The van der Waals surface area contributed by atoms with E-state index in [1.54, 1.807) is 16.8 Å². The Hall–Kier alpha value is -2.94. The third-order valence-corrected chi connectivity index (χ3v) is 3.45. The molecule has 0 radical (unpaired) electrons. The van der Waals surface area contributed by atoms with Gasteiger partial charge in [0.2, 0.25) is 4.77 Å². The van der Waals surface area contributed by atoms with E-state index in [1.807, 2.05) is 19.9 Å². The molecule has 0 amide bonds. The van der Waals surface area contributed by atoms with Crippen molar-refractivity contribution in [2.24, 2.45) is 5.10 Å². The van der Waals surface area contributed by atoms with Gasteiger partial charge in [0.05, 0.1) is 11.9 Å².